The monoisotopic (exact) mass is 403 g/mol. The molecule has 0 radical (unpaired) electrons. The Kier molecular flexibility index (Phi) is 7.87. The zero-order valence-electron chi connectivity index (χ0n) is 15.4. The van der Waals surface area contributed by atoms with Crippen molar-refractivity contribution in [2.24, 2.45) is 0 Å². The lowest BCUT2D eigenvalue weighted by molar-refractivity contribution is -0.118. The maximum atomic E-state index is 12.0. The Hall–Kier alpha value is -1.69. The number of thioether (sulfide) groups is 1. The van der Waals surface area contributed by atoms with Gasteiger partial charge in [0.25, 0.3) is 0 Å². The van der Waals surface area contributed by atoms with Crippen molar-refractivity contribution in [3.05, 3.63) is 65.2 Å². The predicted octanol–water partition coefficient (Wildman–Crippen LogP) is 3.51. The molecule has 1 saturated heterocycles. The van der Waals surface area contributed by atoms with E-state index >= 15 is 0 Å². The number of carbonyl (C=O) groups excluding carboxylic acids is 1. The van der Waals surface area contributed by atoms with Crippen LogP contribution < -0.4 is 10.2 Å². The van der Waals surface area contributed by atoms with E-state index < -0.39 is 0 Å². The first kappa shape index (κ1) is 20.1. The molecule has 0 atom stereocenters. The molecule has 0 bridgehead atoms. The Labute approximate surface area is 170 Å². The second-order valence-electron chi connectivity index (χ2n) is 6.63. The minimum atomic E-state index is 0.108. The second kappa shape index (κ2) is 10.6. The molecular formula is C21H26ClN3OS. The van der Waals surface area contributed by atoms with Crippen molar-refractivity contribution in [2.45, 2.75) is 5.75 Å². The lowest BCUT2D eigenvalue weighted by Gasteiger charge is -2.36. The molecule has 1 aliphatic heterocycles. The third kappa shape index (κ3) is 6.76. The van der Waals surface area contributed by atoms with Gasteiger partial charge in [-0.1, -0.05) is 41.9 Å². The van der Waals surface area contributed by atoms with E-state index in [4.69, 9.17) is 11.6 Å². The van der Waals surface area contributed by atoms with Gasteiger partial charge in [-0.05, 0) is 29.8 Å². The van der Waals surface area contributed by atoms with E-state index in [0.717, 1.165) is 43.5 Å². The number of rotatable bonds is 8. The topological polar surface area (TPSA) is 35.6 Å². The number of hydrogen-bond donors (Lipinski definition) is 1. The molecule has 3 rings (SSSR count). The number of nitrogens with zero attached hydrogens (tertiary/aromatic N) is 2. The van der Waals surface area contributed by atoms with E-state index in [1.54, 1.807) is 11.8 Å². The SMILES string of the molecule is O=C(CSCc1ccc(Cl)cc1)NCCN1CCN(c2ccccc2)CC1. The van der Waals surface area contributed by atoms with Crippen LogP contribution >= 0.6 is 23.4 Å². The third-order valence-corrected chi connectivity index (χ3v) is 5.91. The van der Waals surface area contributed by atoms with E-state index in [1.807, 2.05) is 24.3 Å². The van der Waals surface area contributed by atoms with Crippen molar-refractivity contribution in [3.8, 4) is 0 Å². The van der Waals surface area contributed by atoms with Gasteiger partial charge in [0.15, 0.2) is 0 Å². The molecule has 0 unspecified atom stereocenters. The molecule has 144 valence electrons. The Morgan fingerprint density at radius 2 is 1.70 bits per heavy atom. The van der Waals surface area contributed by atoms with Crippen LogP contribution in [0.2, 0.25) is 5.02 Å². The molecule has 6 heteroatoms. The average molecular weight is 404 g/mol. The number of benzene rings is 2. The molecule has 0 aromatic heterocycles. The fourth-order valence-electron chi connectivity index (χ4n) is 3.12. The maximum Gasteiger partial charge on any atom is 0.230 e. The van der Waals surface area contributed by atoms with E-state index in [9.17, 15) is 4.79 Å². The van der Waals surface area contributed by atoms with Gasteiger partial charge >= 0.3 is 0 Å². The van der Waals surface area contributed by atoms with Crippen molar-refractivity contribution < 1.29 is 4.79 Å². The smallest absolute Gasteiger partial charge is 0.230 e. The first-order chi connectivity index (χ1) is 13.2. The van der Waals surface area contributed by atoms with Crippen LogP contribution in [0.5, 0.6) is 0 Å². The summed E-state index contributed by atoms with van der Waals surface area (Å²) in [5.74, 6) is 1.42. The standard InChI is InChI=1S/C21H26ClN3OS/c22-19-8-6-18(7-9-19)16-27-17-21(26)23-10-11-24-12-14-25(15-13-24)20-4-2-1-3-5-20/h1-9H,10-17H2,(H,23,26). The molecule has 1 amide bonds. The summed E-state index contributed by atoms with van der Waals surface area (Å²) < 4.78 is 0. The average Bonchev–Trinajstić information content (AvgIpc) is 2.71. The van der Waals surface area contributed by atoms with Gasteiger partial charge in [-0.15, -0.1) is 11.8 Å². The van der Waals surface area contributed by atoms with Crippen LogP contribution in [0.1, 0.15) is 5.56 Å². The Bertz CT molecular complexity index is 703. The van der Waals surface area contributed by atoms with E-state index in [1.165, 1.54) is 11.3 Å². The summed E-state index contributed by atoms with van der Waals surface area (Å²) in [6.45, 7) is 5.78. The summed E-state index contributed by atoms with van der Waals surface area (Å²) in [4.78, 5) is 16.8. The lowest BCUT2D eigenvalue weighted by Crippen LogP contribution is -2.48. The highest BCUT2D eigenvalue weighted by molar-refractivity contribution is 7.99. The molecule has 1 heterocycles. The van der Waals surface area contributed by atoms with Crippen molar-refractivity contribution in [1.29, 1.82) is 0 Å². The highest BCUT2D eigenvalue weighted by Crippen LogP contribution is 2.16. The molecule has 2 aromatic carbocycles. The van der Waals surface area contributed by atoms with E-state index in [2.05, 4.69) is 45.4 Å². The number of nitrogens with one attached hydrogen (secondary N) is 1. The highest BCUT2D eigenvalue weighted by atomic mass is 35.5. The number of carbonyl (C=O) groups is 1. The molecule has 0 aliphatic carbocycles. The van der Waals surface area contributed by atoms with Crippen LogP contribution in [-0.4, -0.2) is 55.8 Å². The molecule has 0 saturated carbocycles. The molecule has 4 nitrogen and oxygen atoms in total. The quantitative estimate of drug-likeness (QED) is 0.731. The van der Waals surface area contributed by atoms with Gasteiger partial charge in [-0.3, -0.25) is 9.69 Å². The van der Waals surface area contributed by atoms with E-state index in [0.29, 0.717) is 12.3 Å². The van der Waals surface area contributed by atoms with Crippen LogP contribution in [0.4, 0.5) is 5.69 Å². The second-order valence-corrected chi connectivity index (χ2v) is 8.06. The first-order valence-corrected chi connectivity index (χ1v) is 10.9. The molecule has 27 heavy (non-hydrogen) atoms. The van der Waals surface area contributed by atoms with Gasteiger partial charge < -0.3 is 10.2 Å². The van der Waals surface area contributed by atoms with Crippen LogP contribution in [0.3, 0.4) is 0 Å². The minimum Gasteiger partial charge on any atom is -0.369 e. The van der Waals surface area contributed by atoms with E-state index in [-0.39, 0.29) is 5.91 Å². The molecule has 1 fully saturated rings. The summed E-state index contributed by atoms with van der Waals surface area (Å²) in [6, 6.07) is 18.3. The zero-order valence-corrected chi connectivity index (χ0v) is 17.0. The third-order valence-electron chi connectivity index (χ3n) is 4.66. The van der Waals surface area contributed by atoms with Gasteiger partial charge in [-0.25, -0.2) is 0 Å². The van der Waals surface area contributed by atoms with Crippen molar-refractivity contribution in [3.63, 3.8) is 0 Å². The van der Waals surface area contributed by atoms with Gasteiger partial charge in [0.1, 0.15) is 0 Å². The summed E-state index contributed by atoms with van der Waals surface area (Å²) in [5.41, 5.74) is 2.48. The Balaban J connectivity index is 1.26. The Morgan fingerprint density at radius 3 is 2.41 bits per heavy atom. The number of piperazine rings is 1. The molecule has 1 N–H and O–H groups in total. The highest BCUT2D eigenvalue weighted by Gasteiger charge is 2.16. The van der Waals surface area contributed by atoms with Gasteiger partial charge in [0.2, 0.25) is 5.91 Å². The minimum absolute atomic E-state index is 0.108. The fraction of sp³-hybridized carbons (Fsp3) is 0.381. The summed E-state index contributed by atoms with van der Waals surface area (Å²) in [5, 5.41) is 3.77. The molecule has 1 aliphatic rings. The van der Waals surface area contributed by atoms with Crippen LogP contribution in [0.25, 0.3) is 0 Å². The van der Waals surface area contributed by atoms with Crippen molar-refractivity contribution in [1.82, 2.24) is 10.2 Å². The van der Waals surface area contributed by atoms with Crippen LogP contribution in [0.15, 0.2) is 54.6 Å². The molecular weight excluding hydrogens is 378 g/mol. The number of para-hydroxylation sites is 1. The zero-order chi connectivity index (χ0) is 18.9. The summed E-state index contributed by atoms with van der Waals surface area (Å²) >= 11 is 7.51. The van der Waals surface area contributed by atoms with Crippen LogP contribution in [-0.2, 0) is 10.5 Å². The largest absolute Gasteiger partial charge is 0.369 e. The predicted molar refractivity (Wildman–Crippen MR) is 116 cm³/mol. The normalized spacial score (nSPS) is 14.9. The number of amides is 1. The summed E-state index contributed by atoms with van der Waals surface area (Å²) in [7, 11) is 0. The summed E-state index contributed by atoms with van der Waals surface area (Å²) in [6.07, 6.45) is 0. The molecule has 2 aromatic rings. The molecule has 0 spiro atoms. The number of anilines is 1. The fourth-order valence-corrected chi connectivity index (χ4v) is 4.06. The maximum absolute atomic E-state index is 12.0. The van der Waals surface area contributed by atoms with Gasteiger partial charge in [0, 0.05) is 55.7 Å². The first-order valence-electron chi connectivity index (χ1n) is 9.32. The van der Waals surface area contributed by atoms with Gasteiger partial charge in [0.05, 0.1) is 5.75 Å². The number of hydrogen-bond acceptors (Lipinski definition) is 4. The Morgan fingerprint density at radius 1 is 1.00 bits per heavy atom. The van der Waals surface area contributed by atoms with Crippen LogP contribution in [0, 0.1) is 0 Å². The lowest BCUT2D eigenvalue weighted by atomic mass is 10.2. The van der Waals surface area contributed by atoms with Crippen molar-refractivity contribution in [2.75, 3.05) is 49.9 Å². The number of halogens is 1. The van der Waals surface area contributed by atoms with Gasteiger partial charge in [-0.2, -0.15) is 0 Å². The van der Waals surface area contributed by atoms with Crippen molar-refractivity contribution >= 4 is 35.0 Å².